The van der Waals surface area contributed by atoms with Gasteiger partial charge in [-0.25, -0.2) is 10.0 Å². The lowest BCUT2D eigenvalue weighted by Crippen LogP contribution is -2.51. The zero-order chi connectivity index (χ0) is 17.4. The van der Waals surface area contributed by atoms with Crippen molar-refractivity contribution in [2.75, 3.05) is 24.5 Å². The average molecular weight is 358 g/mol. The van der Waals surface area contributed by atoms with Crippen LogP contribution in [0.4, 0.5) is 5.13 Å². The fourth-order valence-corrected chi connectivity index (χ4v) is 3.77. The Hall–Kier alpha value is -0.963. The van der Waals surface area contributed by atoms with E-state index in [1.807, 2.05) is 11.8 Å². The fourth-order valence-electron chi connectivity index (χ4n) is 1.91. The van der Waals surface area contributed by atoms with Gasteiger partial charge in [0.2, 0.25) is 8.32 Å². The predicted molar refractivity (Wildman–Crippen MR) is 95.3 cm³/mol. The number of aliphatic hydroxyl groups is 1. The lowest BCUT2D eigenvalue weighted by atomic mass is 10.2. The number of amides is 1. The second kappa shape index (κ2) is 6.50. The summed E-state index contributed by atoms with van der Waals surface area (Å²) in [7, 11) is -2.07. The molecule has 1 fully saturated rings. The number of hydrogen-bond donors (Lipinski definition) is 1. The summed E-state index contributed by atoms with van der Waals surface area (Å²) in [5, 5.41) is 13.4. The molecule has 0 unspecified atom stereocenters. The molecule has 0 radical (unpaired) electrons. The minimum atomic E-state index is -2.07. The molecule has 1 saturated heterocycles. The van der Waals surface area contributed by atoms with Crippen LogP contribution in [0.5, 0.6) is 0 Å². The summed E-state index contributed by atoms with van der Waals surface area (Å²) < 4.78 is 6.13. The van der Waals surface area contributed by atoms with E-state index in [2.05, 4.69) is 38.8 Å². The fraction of sp³-hybridized carbons (Fsp3) is 0.733. The van der Waals surface area contributed by atoms with Crippen molar-refractivity contribution in [2.24, 2.45) is 0 Å². The number of aliphatic hydroxyl groups excluding tert-OH is 1. The maximum atomic E-state index is 12.7. The summed E-state index contributed by atoms with van der Waals surface area (Å²) in [4.78, 5) is 19.1. The Balaban J connectivity index is 2.08. The molecule has 2 heterocycles. The first kappa shape index (κ1) is 18.4. The summed E-state index contributed by atoms with van der Waals surface area (Å²) in [5.41, 5.74) is 0.409. The summed E-state index contributed by atoms with van der Waals surface area (Å²) in [5.74, 6) is -0.194. The maximum absolute atomic E-state index is 12.7. The zero-order valence-corrected chi connectivity index (χ0v) is 16.6. The van der Waals surface area contributed by atoms with Crippen LogP contribution >= 0.6 is 11.3 Å². The van der Waals surface area contributed by atoms with Crippen molar-refractivity contribution < 1.29 is 14.4 Å². The Labute approximate surface area is 143 Å². The van der Waals surface area contributed by atoms with Crippen molar-refractivity contribution >= 4 is 30.7 Å². The van der Waals surface area contributed by atoms with Crippen molar-refractivity contribution in [3.05, 3.63) is 11.1 Å². The Morgan fingerprint density at radius 3 is 2.61 bits per heavy atom. The Bertz CT molecular complexity index is 565. The molecule has 8 heteroatoms. The van der Waals surface area contributed by atoms with Crippen LogP contribution in [0.15, 0.2) is 5.38 Å². The third-order valence-electron chi connectivity index (χ3n) is 4.50. The van der Waals surface area contributed by atoms with Gasteiger partial charge in [0.15, 0.2) is 5.13 Å². The molecule has 0 aliphatic carbocycles. The topological polar surface area (TPSA) is 65.9 Å². The van der Waals surface area contributed by atoms with Gasteiger partial charge in [-0.1, -0.05) is 20.8 Å². The number of hydroxylamine groups is 2. The van der Waals surface area contributed by atoms with Crippen LogP contribution < -0.4 is 4.90 Å². The molecule has 1 N–H and O–H groups in total. The van der Waals surface area contributed by atoms with Gasteiger partial charge in [-0.3, -0.25) is 4.79 Å². The highest BCUT2D eigenvalue weighted by molar-refractivity contribution is 7.14. The molecule has 23 heavy (non-hydrogen) atoms. The van der Waals surface area contributed by atoms with Crippen molar-refractivity contribution in [1.82, 2.24) is 10.0 Å². The van der Waals surface area contributed by atoms with E-state index in [1.165, 1.54) is 16.4 Å². The van der Waals surface area contributed by atoms with Gasteiger partial charge in [0, 0.05) is 25.0 Å². The number of thiazole rings is 1. The van der Waals surface area contributed by atoms with Gasteiger partial charge >= 0.3 is 0 Å². The van der Waals surface area contributed by atoms with Crippen LogP contribution in [0.25, 0.3) is 0 Å². The minimum absolute atomic E-state index is 0.0295. The molecule has 1 aromatic rings. The van der Waals surface area contributed by atoms with Gasteiger partial charge in [-0.05, 0) is 25.1 Å². The third kappa shape index (κ3) is 3.93. The first-order valence-electron chi connectivity index (χ1n) is 7.94. The second-order valence-electron chi connectivity index (χ2n) is 7.43. The lowest BCUT2D eigenvalue weighted by Gasteiger charge is -2.39. The Morgan fingerprint density at radius 2 is 2.13 bits per heavy atom. The van der Waals surface area contributed by atoms with E-state index < -0.39 is 8.32 Å². The molecule has 0 atom stereocenters. The van der Waals surface area contributed by atoms with Crippen LogP contribution in [0.3, 0.4) is 0 Å². The number of carbonyl (C=O) groups excluding carboxylic acids is 1. The molecule has 130 valence electrons. The Morgan fingerprint density at radius 1 is 1.52 bits per heavy atom. The molecule has 1 aliphatic rings. The highest BCUT2D eigenvalue weighted by atomic mass is 32.1. The molecular weight excluding hydrogens is 330 g/mol. The second-order valence-corrected chi connectivity index (χ2v) is 13.0. The molecule has 1 amide bonds. The maximum Gasteiger partial charge on any atom is 0.295 e. The van der Waals surface area contributed by atoms with Gasteiger partial charge in [0.1, 0.15) is 5.69 Å². The van der Waals surface area contributed by atoms with Crippen LogP contribution in [0.1, 0.15) is 38.2 Å². The SMILES string of the molecule is CCN(O[Si](C)(C)C(C)(C)C)C(=O)c1csc(N2CC(O)C2)n1. The van der Waals surface area contributed by atoms with E-state index in [0.29, 0.717) is 25.3 Å². The van der Waals surface area contributed by atoms with E-state index >= 15 is 0 Å². The monoisotopic (exact) mass is 357 g/mol. The molecule has 0 aromatic carbocycles. The van der Waals surface area contributed by atoms with Crippen LogP contribution in [0, 0.1) is 0 Å². The molecule has 0 spiro atoms. The van der Waals surface area contributed by atoms with Gasteiger partial charge in [-0.2, -0.15) is 0 Å². The summed E-state index contributed by atoms with van der Waals surface area (Å²) in [6, 6.07) is 0. The molecule has 0 bridgehead atoms. The molecule has 1 aliphatic heterocycles. The lowest BCUT2D eigenvalue weighted by molar-refractivity contribution is -0.0414. The largest absolute Gasteiger partial charge is 0.389 e. The first-order chi connectivity index (χ1) is 10.5. The number of aromatic nitrogens is 1. The van der Waals surface area contributed by atoms with Gasteiger partial charge in [0.05, 0.1) is 6.10 Å². The average Bonchev–Trinajstić information content (AvgIpc) is 2.88. The predicted octanol–water partition coefficient (Wildman–Crippen LogP) is 2.72. The minimum Gasteiger partial charge on any atom is -0.389 e. The molecular formula is C15H27N3O3SSi. The van der Waals surface area contributed by atoms with E-state index in [4.69, 9.17) is 4.53 Å². The zero-order valence-electron chi connectivity index (χ0n) is 14.8. The van der Waals surface area contributed by atoms with Crippen LogP contribution in [-0.4, -0.2) is 55.1 Å². The molecule has 0 saturated carbocycles. The number of rotatable bonds is 5. The van der Waals surface area contributed by atoms with Crippen LogP contribution in [-0.2, 0) is 4.53 Å². The van der Waals surface area contributed by atoms with Crippen molar-refractivity contribution in [3.8, 4) is 0 Å². The number of nitrogens with zero attached hydrogens (tertiary/aromatic N) is 3. The van der Waals surface area contributed by atoms with Gasteiger partial charge in [0.25, 0.3) is 5.91 Å². The van der Waals surface area contributed by atoms with Gasteiger partial charge in [-0.15, -0.1) is 11.3 Å². The third-order valence-corrected chi connectivity index (χ3v) is 9.69. The Kier molecular flexibility index (Phi) is 5.20. The van der Waals surface area contributed by atoms with Crippen molar-refractivity contribution in [1.29, 1.82) is 0 Å². The highest BCUT2D eigenvalue weighted by Crippen LogP contribution is 2.37. The standard InChI is InChI=1S/C15H27N3O3SSi/c1-7-18(21-23(5,6)15(2,3)4)13(20)12-10-22-14(16-12)17-8-11(19)9-17/h10-11,19H,7-9H2,1-6H3. The normalized spacial score (nSPS) is 16.4. The number of β-amino-alcohol motifs (C(OH)–C–C–N with tert-alkyl or cyclic N) is 1. The van der Waals surface area contributed by atoms with Crippen molar-refractivity contribution in [3.63, 3.8) is 0 Å². The summed E-state index contributed by atoms with van der Waals surface area (Å²) in [6.45, 7) is 14.2. The first-order valence-corrected chi connectivity index (χ1v) is 11.7. The van der Waals surface area contributed by atoms with E-state index in [1.54, 1.807) is 5.38 Å². The van der Waals surface area contributed by atoms with Crippen LogP contribution in [0.2, 0.25) is 18.1 Å². The smallest absolute Gasteiger partial charge is 0.295 e. The summed E-state index contributed by atoms with van der Waals surface area (Å²) in [6.07, 6.45) is -0.285. The molecule has 2 rings (SSSR count). The number of hydrogen-bond acceptors (Lipinski definition) is 6. The number of anilines is 1. The van der Waals surface area contributed by atoms with Crippen molar-refractivity contribution in [2.45, 2.75) is 51.9 Å². The number of carbonyl (C=O) groups is 1. The van der Waals surface area contributed by atoms with E-state index in [-0.39, 0.29) is 17.0 Å². The quantitative estimate of drug-likeness (QED) is 0.648. The highest BCUT2D eigenvalue weighted by Gasteiger charge is 2.41. The van der Waals surface area contributed by atoms with Gasteiger partial charge < -0.3 is 14.5 Å². The van der Waals surface area contributed by atoms with E-state index in [9.17, 15) is 9.90 Å². The van der Waals surface area contributed by atoms with E-state index in [0.717, 1.165) is 5.13 Å². The molecule has 6 nitrogen and oxygen atoms in total. The molecule has 1 aromatic heterocycles. The summed E-state index contributed by atoms with van der Waals surface area (Å²) >= 11 is 1.43.